The Morgan fingerprint density at radius 2 is 2.03 bits per heavy atom. The molecule has 1 amide bonds. The van der Waals surface area contributed by atoms with Gasteiger partial charge in [0.05, 0.1) is 17.8 Å². The van der Waals surface area contributed by atoms with Crippen LogP contribution in [-0.4, -0.2) is 33.3 Å². The van der Waals surface area contributed by atoms with E-state index in [0.29, 0.717) is 28.9 Å². The van der Waals surface area contributed by atoms with Crippen molar-refractivity contribution >= 4 is 17.9 Å². The van der Waals surface area contributed by atoms with E-state index in [2.05, 4.69) is 37.6 Å². The Morgan fingerprint density at radius 1 is 1.20 bits per heavy atom. The Morgan fingerprint density at radius 3 is 2.77 bits per heavy atom. The summed E-state index contributed by atoms with van der Waals surface area (Å²) < 4.78 is 5.51. The lowest BCUT2D eigenvalue weighted by Gasteiger charge is -2.10. The molecule has 150 valence electrons. The van der Waals surface area contributed by atoms with E-state index < -0.39 is 0 Å². The fourth-order valence-electron chi connectivity index (χ4n) is 3.23. The fourth-order valence-corrected chi connectivity index (χ4v) is 3.23. The van der Waals surface area contributed by atoms with E-state index >= 15 is 0 Å². The monoisotopic (exact) mass is 400 g/mol. The molecular weight excluding hydrogens is 380 g/mol. The summed E-state index contributed by atoms with van der Waals surface area (Å²) in [6.07, 6.45) is 8.80. The molecule has 0 radical (unpaired) electrons. The molecule has 8 heteroatoms. The molecule has 30 heavy (non-hydrogen) atoms. The largest absolute Gasteiger partial charge is 0.382 e. The van der Waals surface area contributed by atoms with Gasteiger partial charge in [-0.2, -0.15) is 0 Å². The van der Waals surface area contributed by atoms with Crippen molar-refractivity contribution in [3.63, 3.8) is 0 Å². The number of benzene rings is 1. The molecule has 1 saturated carbocycles. The lowest BCUT2D eigenvalue weighted by atomic mass is 10.0. The third-order valence-corrected chi connectivity index (χ3v) is 5.13. The zero-order chi connectivity index (χ0) is 20.5. The third-order valence-electron chi connectivity index (χ3n) is 5.13. The second kappa shape index (κ2) is 7.64. The van der Waals surface area contributed by atoms with Gasteiger partial charge >= 0.3 is 0 Å². The maximum atomic E-state index is 11.2. The number of amides is 1. The third kappa shape index (κ3) is 3.90. The average molecular weight is 400 g/mol. The molecule has 1 aliphatic carbocycles. The van der Waals surface area contributed by atoms with Crippen LogP contribution in [0.3, 0.4) is 0 Å². The Hall–Kier alpha value is -3.65. The van der Waals surface area contributed by atoms with Gasteiger partial charge in [-0.15, -0.1) is 0 Å². The summed E-state index contributed by atoms with van der Waals surface area (Å²) in [5.74, 6) is 0.151. The molecule has 8 nitrogen and oxygen atoms in total. The van der Waals surface area contributed by atoms with Crippen LogP contribution in [-0.2, 0) is 11.3 Å². The van der Waals surface area contributed by atoms with Gasteiger partial charge < -0.3 is 15.6 Å². The van der Waals surface area contributed by atoms with Crippen molar-refractivity contribution in [2.75, 3.05) is 5.73 Å². The van der Waals surface area contributed by atoms with Gasteiger partial charge in [0.15, 0.2) is 17.3 Å². The first-order valence-corrected chi connectivity index (χ1v) is 9.84. The van der Waals surface area contributed by atoms with Crippen LogP contribution in [0.4, 0.5) is 5.82 Å². The van der Waals surface area contributed by atoms with Crippen molar-refractivity contribution in [3.8, 4) is 22.7 Å². The average Bonchev–Trinajstić information content (AvgIpc) is 3.48. The summed E-state index contributed by atoms with van der Waals surface area (Å²) in [5, 5.41) is 7.67. The zero-order valence-corrected chi connectivity index (χ0v) is 16.2. The molecule has 2 aromatic heterocycles. The number of anilines is 1. The molecule has 1 unspecified atom stereocenters. The summed E-state index contributed by atoms with van der Waals surface area (Å²) >= 11 is 0. The van der Waals surface area contributed by atoms with Crippen LogP contribution < -0.4 is 11.1 Å². The Labute approximate surface area is 172 Å². The van der Waals surface area contributed by atoms with Crippen molar-refractivity contribution in [2.45, 2.75) is 31.3 Å². The number of carbonyl (C=O) groups excluding carboxylic acids is 1. The van der Waals surface area contributed by atoms with Crippen LogP contribution in [0.25, 0.3) is 22.7 Å². The second-order valence-corrected chi connectivity index (χ2v) is 7.46. The summed E-state index contributed by atoms with van der Waals surface area (Å²) in [7, 11) is 0. The molecule has 1 aliphatic heterocycles. The zero-order valence-electron chi connectivity index (χ0n) is 16.2. The molecule has 3 heterocycles. The lowest BCUT2D eigenvalue weighted by molar-refractivity contribution is -0.113. The summed E-state index contributed by atoms with van der Waals surface area (Å²) in [6, 6.07) is 10.7. The standard InChI is InChI=1S/C22H20N6O2/c23-22-21(27-18(12-26-22)15-5-8-20(29)25-11-15)19-9-17(28-30-19)14-3-1-13(2-4-14)10-24-16-6-7-16/h1-5,8-9,11-12,15-16,24H,6-7,10H2,(H2,23,26). The van der Waals surface area contributed by atoms with E-state index in [4.69, 9.17) is 10.3 Å². The molecular formula is C22H20N6O2. The molecule has 3 aromatic rings. The topological polar surface area (TPSA) is 119 Å². The quantitative estimate of drug-likeness (QED) is 0.653. The maximum Gasteiger partial charge on any atom is 0.269 e. The SMILES string of the molecule is Nc1ncc(C2C=CC(=O)N=C2)nc1-c1cc(-c2ccc(CNC3CC3)cc2)no1. The van der Waals surface area contributed by atoms with E-state index in [9.17, 15) is 4.79 Å². The number of nitrogens with zero attached hydrogens (tertiary/aromatic N) is 4. The molecule has 5 rings (SSSR count). The van der Waals surface area contributed by atoms with Crippen LogP contribution in [0.5, 0.6) is 0 Å². The first-order chi connectivity index (χ1) is 14.7. The van der Waals surface area contributed by atoms with Gasteiger partial charge in [-0.3, -0.25) is 4.79 Å². The number of allylic oxidation sites excluding steroid dienone is 1. The molecule has 0 spiro atoms. The Kier molecular flexibility index (Phi) is 4.68. The predicted octanol–water partition coefficient (Wildman–Crippen LogP) is 2.88. The first kappa shape index (κ1) is 18.4. The highest BCUT2D eigenvalue weighted by Gasteiger charge is 2.20. The van der Waals surface area contributed by atoms with Gasteiger partial charge in [-0.1, -0.05) is 35.5 Å². The molecule has 1 fully saturated rings. The number of hydrogen-bond donors (Lipinski definition) is 2. The first-order valence-electron chi connectivity index (χ1n) is 9.84. The minimum atomic E-state index is -0.288. The normalized spacial score (nSPS) is 18.1. The van der Waals surface area contributed by atoms with Crippen molar-refractivity contribution in [1.82, 2.24) is 20.4 Å². The molecule has 2 aliphatic rings. The van der Waals surface area contributed by atoms with Gasteiger partial charge in [0.1, 0.15) is 5.69 Å². The van der Waals surface area contributed by atoms with Gasteiger partial charge in [0, 0.05) is 36.5 Å². The maximum absolute atomic E-state index is 11.2. The molecule has 0 saturated heterocycles. The van der Waals surface area contributed by atoms with E-state index in [1.54, 1.807) is 18.3 Å². The van der Waals surface area contributed by atoms with Gasteiger partial charge in [-0.05, 0) is 18.4 Å². The molecule has 3 N–H and O–H groups in total. The Balaban J connectivity index is 1.37. The molecule has 1 aromatic carbocycles. The summed E-state index contributed by atoms with van der Waals surface area (Å²) in [4.78, 5) is 23.8. The van der Waals surface area contributed by atoms with E-state index in [1.807, 2.05) is 12.1 Å². The number of carbonyl (C=O) groups is 1. The highest BCUT2D eigenvalue weighted by molar-refractivity contribution is 5.98. The van der Waals surface area contributed by atoms with Crippen LogP contribution in [0.1, 0.15) is 30.0 Å². The van der Waals surface area contributed by atoms with Crippen molar-refractivity contribution in [3.05, 3.63) is 59.9 Å². The number of aliphatic imine (C=N–C) groups is 1. The van der Waals surface area contributed by atoms with Crippen LogP contribution >= 0.6 is 0 Å². The fraction of sp³-hybridized carbons (Fsp3) is 0.227. The number of nitrogens with one attached hydrogen (secondary N) is 1. The van der Waals surface area contributed by atoms with E-state index in [1.165, 1.54) is 30.7 Å². The molecule has 0 bridgehead atoms. The van der Waals surface area contributed by atoms with Gasteiger partial charge in [-0.25, -0.2) is 15.0 Å². The minimum Gasteiger partial charge on any atom is -0.382 e. The number of dihydropyridines is 1. The van der Waals surface area contributed by atoms with Crippen molar-refractivity contribution in [2.24, 2.45) is 4.99 Å². The summed E-state index contributed by atoms with van der Waals surface area (Å²) in [5.41, 5.74) is 9.94. The highest BCUT2D eigenvalue weighted by atomic mass is 16.5. The van der Waals surface area contributed by atoms with E-state index in [0.717, 1.165) is 12.1 Å². The number of nitrogen functional groups attached to an aromatic ring is 1. The van der Waals surface area contributed by atoms with E-state index in [-0.39, 0.29) is 17.6 Å². The number of hydrogen-bond acceptors (Lipinski definition) is 7. The van der Waals surface area contributed by atoms with Crippen molar-refractivity contribution in [1.29, 1.82) is 0 Å². The smallest absolute Gasteiger partial charge is 0.269 e. The predicted molar refractivity (Wildman–Crippen MR) is 113 cm³/mol. The lowest BCUT2D eigenvalue weighted by Crippen LogP contribution is -2.14. The van der Waals surface area contributed by atoms with Gasteiger partial charge in [0.2, 0.25) is 0 Å². The Bertz CT molecular complexity index is 1130. The summed E-state index contributed by atoms with van der Waals surface area (Å²) in [6.45, 7) is 0.873. The number of nitrogens with two attached hydrogens (primary N) is 1. The minimum absolute atomic E-state index is 0.242. The van der Waals surface area contributed by atoms with Crippen molar-refractivity contribution < 1.29 is 9.32 Å². The highest BCUT2D eigenvalue weighted by Crippen LogP contribution is 2.29. The van der Waals surface area contributed by atoms with Crippen LogP contribution in [0, 0.1) is 0 Å². The van der Waals surface area contributed by atoms with Crippen LogP contribution in [0.15, 0.2) is 58.2 Å². The number of rotatable bonds is 6. The second-order valence-electron chi connectivity index (χ2n) is 7.46. The number of aromatic nitrogens is 3. The van der Waals surface area contributed by atoms with Gasteiger partial charge in [0.25, 0.3) is 5.91 Å². The van der Waals surface area contributed by atoms with Crippen LogP contribution in [0.2, 0.25) is 0 Å². The molecule has 1 atom stereocenters.